The summed E-state index contributed by atoms with van der Waals surface area (Å²) in [6, 6.07) is 19.5. The number of carbonyl (C=O) groups is 1. The predicted molar refractivity (Wildman–Crippen MR) is 112 cm³/mol. The first-order chi connectivity index (χ1) is 14.7. The smallest absolute Gasteiger partial charge is 0.224 e. The Balaban J connectivity index is 1.28. The zero-order chi connectivity index (χ0) is 20.8. The number of pyridine rings is 1. The van der Waals surface area contributed by atoms with Crippen LogP contribution in [0.3, 0.4) is 0 Å². The van der Waals surface area contributed by atoms with Crippen LogP contribution in [0.2, 0.25) is 0 Å². The molecular weight excluding hydrogens is 381 g/mol. The monoisotopic (exact) mass is 405 g/mol. The lowest BCUT2D eigenvalue weighted by atomic mass is 10.1. The minimum Gasteiger partial charge on any atom is -0.457 e. The van der Waals surface area contributed by atoms with Gasteiger partial charge in [-0.2, -0.15) is 0 Å². The van der Waals surface area contributed by atoms with Gasteiger partial charge >= 0.3 is 0 Å². The number of nitrogens with zero attached hydrogens (tertiary/aromatic N) is 2. The van der Waals surface area contributed by atoms with Gasteiger partial charge in [0.15, 0.2) is 0 Å². The van der Waals surface area contributed by atoms with Crippen LogP contribution in [0.25, 0.3) is 0 Å². The molecule has 1 aliphatic heterocycles. The minimum absolute atomic E-state index is 0.00707. The topological polar surface area (TPSA) is 54.5 Å². The average molecular weight is 405 g/mol. The molecular formula is C24H24FN3O2. The van der Waals surface area contributed by atoms with E-state index in [0.717, 1.165) is 37.3 Å². The van der Waals surface area contributed by atoms with Crippen LogP contribution in [0.5, 0.6) is 11.5 Å². The molecule has 2 heterocycles. The minimum atomic E-state index is -0.288. The summed E-state index contributed by atoms with van der Waals surface area (Å²) in [5.41, 5.74) is 1.97. The summed E-state index contributed by atoms with van der Waals surface area (Å²) in [6.45, 7) is 2.82. The molecule has 4 rings (SSSR count). The number of aromatic nitrogens is 1. The molecule has 1 aliphatic rings. The van der Waals surface area contributed by atoms with Crippen LogP contribution in [-0.2, 0) is 17.9 Å². The number of hydrogen-bond acceptors (Lipinski definition) is 4. The Morgan fingerprint density at radius 2 is 1.97 bits per heavy atom. The first kappa shape index (κ1) is 20.0. The highest BCUT2D eigenvalue weighted by Gasteiger charge is 2.28. The predicted octanol–water partition coefficient (Wildman–Crippen LogP) is 4.15. The summed E-state index contributed by atoms with van der Waals surface area (Å²) < 4.78 is 18.9. The number of nitrogens with one attached hydrogen (secondary N) is 1. The quantitative estimate of drug-likeness (QED) is 0.642. The number of likely N-dealkylation sites (tertiary alicyclic amines) is 1. The molecule has 1 aromatic heterocycles. The molecule has 2 aromatic carbocycles. The molecule has 0 spiro atoms. The van der Waals surface area contributed by atoms with Crippen molar-refractivity contribution in [3.05, 3.63) is 90.0 Å². The van der Waals surface area contributed by atoms with Crippen LogP contribution in [0.1, 0.15) is 17.7 Å². The fourth-order valence-corrected chi connectivity index (χ4v) is 3.62. The summed E-state index contributed by atoms with van der Waals surface area (Å²) in [6.07, 6.45) is 2.58. The largest absolute Gasteiger partial charge is 0.457 e. The summed E-state index contributed by atoms with van der Waals surface area (Å²) in [4.78, 5) is 19.0. The van der Waals surface area contributed by atoms with Crippen molar-refractivity contribution in [2.75, 3.05) is 13.1 Å². The molecule has 0 bridgehead atoms. The standard InChI is InChI=1S/C24H24FN3O2/c25-20-7-9-22(10-8-20)30-23-6-3-4-18(14-23)16-28-13-11-19(17-28)24(29)27-15-21-5-1-2-12-26-21/h1-10,12,14,19H,11,13,15-17H2,(H,27,29). The van der Waals surface area contributed by atoms with E-state index in [1.807, 2.05) is 42.5 Å². The second-order valence-electron chi connectivity index (χ2n) is 7.46. The Labute approximate surface area is 175 Å². The lowest BCUT2D eigenvalue weighted by Crippen LogP contribution is -2.32. The fourth-order valence-electron chi connectivity index (χ4n) is 3.62. The second kappa shape index (κ2) is 9.50. The van der Waals surface area contributed by atoms with Gasteiger partial charge in [-0.3, -0.25) is 14.7 Å². The van der Waals surface area contributed by atoms with Gasteiger partial charge in [0.1, 0.15) is 17.3 Å². The molecule has 1 atom stereocenters. The Morgan fingerprint density at radius 1 is 1.10 bits per heavy atom. The molecule has 1 unspecified atom stereocenters. The molecule has 0 saturated carbocycles. The average Bonchev–Trinajstić information content (AvgIpc) is 3.23. The van der Waals surface area contributed by atoms with E-state index in [1.165, 1.54) is 12.1 Å². The molecule has 1 amide bonds. The van der Waals surface area contributed by atoms with Crippen molar-refractivity contribution in [1.29, 1.82) is 0 Å². The third kappa shape index (κ3) is 5.42. The molecule has 3 aromatic rings. The molecule has 1 saturated heterocycles. The highest BCUT2D eigenvalue weighted by molar-refractivity contribution is 5.79. The number of ether oxygens (including phenoxy) is 1. The van der Waals surface area contributed by atoms with Crippen molar-refractivity contribution in [2.24, 2.45) is 5.92 Å². The maximum Gasteiger partial charge on any atom is 0.224 e. The molecule has 154 valence electrons. The van der Waals surface area contributed by atoms with E-state index in [9.17, 15) is 9.18 Å². The van der Waals surface area contributed by atoms with E-state index in [-0.39, 0.29) is 17.6 Å². The second-order valence-corrected chi connectivity index (χ2v) is 7.46. The van der Waals surface area contributed by atoms with Gasteiger partial charge in [-0.25, -0.2) is 4.39 Å². The lowest BCUT2D eigenvalue weighted by Gasteiger charge is -2.17. The van der Waals surface area contributed by atoms with Gasteiger partial charge in [0.2, 0.25) is 5.91 Å². The number of carbonyl (C=O) groups excluding carboxylic acids is 1. The Kier molecular flexibility index (Phi) is 6.35. The van der Waals surface area contributed by atoms with E-state index in [2.05, 4.69) is 15.2 Å². The first-order valence-electron chi connectivity index (χ1n) is 10.1. The van der Waals surface area contributed by atoms with Gasteiger partial charge in [0, 0.05) is 19.3 Å². The zero-order valence-corrected chi connectivity index (χ0v) is 16.6. The molecule has 6 heteroatoms. The van der Waals surface area contributed by atoms with Crippen LogP contribution >= 0.6 is 0 Å². The van der Waals surface area contributed by atoms with Crippen LogP contribution in [-0.4, -0.2) is 28.9 Å². The van der Waals surface area contributed by atoms with E-state index in [0.29, 0.717) is 18.0 Å². The molecule has 5 nitrogen and oxygen atoms in total. The van der Waals surface area contributed by atoms with Crippen molar-refractivity contribution < 1.29 is 13.9 Å². The Morgan fingerprint density at radius 3 is 2.77 bits per heavy atom. The molecule has 0 aliphatic carbocycles. The molecule has 0 radical (unpaired) electrons. The van der Waals surface area contributed by atoms with Crippen molar-refractivity contribution >= 4 is 5.91 Å². The van der Waals surface area contributed by atoms with Gasteiger partial charge in [0.05, 0.1) is 18.2 Å². The number of rotatable bonds is 7. The number of amides is 1. The normalized spacial score (nSPS) is 16.4. The fraction of sp³-hybridized carbons (Fsp3) is 0.250. The highest BCUT2D eigenvalue weighted by Crippen LogP contribution is 2.24. The first-order valence-corrected chi connectivity index (χ1v) is 10.1. The van der Waals surface area contributed by atoms with Gasteiger partial charge in [0.25, 0.3) is 0 Å². The highest BCUT2D eigenvalue weighted by atomic mass is 19.1. The van der Waals surface area contributed by atoms with Gasteiger partial charge in [-0.1, -0.05) is 18.2 Å². The van der Waals surface area contributed by atoms with Crippen LogP contribution in [0.4, 0.5) is 4.39 Å². The zero-order valence-electron chi connectivity index (χ0n) is 16.6. The maximum absolute atomic E-state index is 13.0. The van der Waals surface area contributed by atoms with E-state index >= 15 is 0 Å². The van der Waals surface area contributed by atoms with Crippen LogP contribution in [0, 0.1) is 11.7 Å². The van der Waals surface area contributed by atoms with E-state index in [4.69, 9.17) is 4.74 Å². The molecule has 1 N–H and O–H groups in total. The van der Waals surface area contributed by atoms with Gasteiger partial charge < -0.3 is 10.1 Å². The Hall–Kier alpha value is -3.25. The number of hydrogen-bond donors (Lipinski definition) is 1. The third-order valence-corrected chi connectivity index (χ3v) is 5.17. The molecule has 1 fully saturated rings. The lowest BCUT2D eigenvalue weighted by molar-refractivity contribution is -0.124. The summed E-state index contributed by atoms with van der Waals surface area (Å²) >= 11 is 0. The summed E-state index contributed by atoms with van der Waals surface area (Å²) in [5, 5.41) is 2.99. The summed E-state index contributed by atoms with van der Waals surface area (Å²) in [5.74, 6) is 1.09. The Bertz CT molecular complexity index is 979. The van der Waals surface area contributed by atoms with E-state index in [1.54, 1.807) is 18.3 Å². The number of halogens is 1. The van der Waals surface area contributed by atoms with Crippen LogP contribution < -0.4 is 10.1 Å². The molecule has 30 heavy (non-hydrogen) atoms. The third-order valence-electron chi connectivity index (χ3n) is 5.17. The van der Waals surface area contributed by atoms with Crippen LogP contribution in [0.15, 0.2) is 72.9 Å². The van der Waals surface area contributed by atoms with E-state index < -0.39 is 0 Å². The van der Waals surface area contributed by atoms with Crippen molar-refractivity contribution in [2.45, 2.75) is 19.5 Å². The number of benzene rings is 2. The maximum atomic E-state index is 13.0. The SMILES string of the molecule is O=C(NCc1ccccn1)C1CCN(Cc2cccc(Oc3ccc(F)cc3)c2)C1. The van der Waals surface area contributed by atoms with Crippen molar-refractivity contribution in [3.8, 4) is 11.5 Å². The van der Waals surface area contributed by atoms with Crippen molar-refractivity contribution in [1.82, 2.24) is 15.2 Å². The van der Waals surface area contributed by atoms with Gasteiger partial charge in [-0.15, -0.1) is 0 Å². The van der Waals surface area contributed by atoms with Gasteiger partial charge in [-0.05, 0) is 67.1 Å². The van der Waals surface area contributed by atoms with Crippen molar-refractivity contribution in [3.63, 3.8) is 0 Å². The summed E-state index contributed by atoms with van der Waals surface area (Å²) in [7, 11) is 0.